The molecule has 0 atom stereocenters. The van der Waals surface area contributed by atoms with Crippen molar-refractivity contribution in [3.8, 4) is 0 Å². The third-order valence-electron chi connectivity index (χ3n) is 7.80. The number of imide groups is 1. The van der Waals surface area contributed by atoms with Crippen LogP contribution in [-0.2, 0) is 9.53 Å². The standard InChI is InChI=1S/C29H42ClN5O5/c1-29(2,3)40-28(39)34-18-16-32(17-19-34)12-5-4-6-21-9-13-33(14-10-21)26(37)22-7-8-23(30)24(20-22)35-15-11-25(36)31-27(35)38/h7-8,20-21H,4-6,9-19H2,1-3H3,(H,31,36,38). The molecule has 3 aliphatic rings. The fourth-order valence-electron chi connectivity index (χ4n) is 5.50. The van der Waals surface area contributed by atoms with Crippen LogP contribution in [0.5, 0.6) is 0 Å². The van der Waals surface area contributed by atoms with Gasteiger partial charge < -0.3 is 14.5 Å². The smallest absolute Gasteiger partial charge is 0.410 e. The normalized spacial score (nSPS) is 19.6. The molecular weight excluding hydrogens is 534 g/mol. The van der Waals surface area contributed by atoms with Crippen molar-refractivity contribution in [1.29, 1.82) is 0 Å². The number of carbonyl (C=O) groups excluding carboxylic acids is 4. The molecule has 0 aliphatic carbocycles. The van der Waals surface area contributed by atoms with Gasteiger partial charge in [-0.15, -0.1) is 0 Å². The fourth-order valence-corrected chi connectivity index (χ4v) is 5.72. The topological polar surface area (TPSA) is 102 Å². The Kier molecular flexibility index (Phi) is 9.94. The molecule has 0 saturated carbocycles. The number of piperidine rings is 1. The Morgan fingerprint density at radius 3 is 2.33 bits per heavy atom. The highest BCUT2D eigenvalue weighted by atomic mass is 35.5. The number of urea groups is 1. The Morgan fingerprint density at radius 2 is 1.68 bits per heavy atom. The van der Waals surface area contributed by atoms with Crippen molar-refractivity contribution in [1.82, 2.24) is 20.0 Å². The van der Waals surface area contributed by atoms with Gasteiger partial charge in [0.2, 0.25) is 5.91 Å². The van der Waals surface area contributed by atoms with Crippen molar-refractivity contribution in [2.45, 2.75) is 64.9 Å². The molecule has 3 aliphatic heterocycles. The molecule has 3 fully saturated rings. The summed E-state index contributed by atoms with van der Waals surface area (Å²) >= 11 is 6.34. The number of carbonyl (C=O) groups is 4. The number of rotatable bonds is 7. The summed E-state index contributed by atoms with van der Waals surface area (Å²) in [5.41, 5.74) is 0.473. The third-order valence-corrected chi connectivity index (χ3v) is 8.12. The maximum atomic E-state index is 13.2. The van der Waals surface area contributed by atoms with Crippen molar-refractivity contribution < 1.29 is 23.9 Å². The van der Waals surface area contributed by atoms with E-state index in [0.717, 1.165) is 51.7 Å². The van der Waals surface area contributed by atoms with Crippen LogP contribution in [0.3, 0.4) is 0 Å². The first-order chi connectivity index (χ1) is 19.0. The molecule has 0 unspecified atom stereocenters. The van der Waals surface area contributed by atoms with E-state index in [4.69, 9.17) is 16.3 Å². The van der Waals surface area contributed by atoms with Gasteiger partial charge in [-0.2, -0.15) is 0 Å². The van der Waals surface area contributed by atoms with Gasteiger partial charge in [-0.3, -0.25) is 24.7 Å². The van der Waals surface area contributed by atoms with Crippen LogP contribution in [0.2, 0.25) is 5.02 Å². The van der Waals surface area contributed by atoms with Gasteiger partial charge in [0.15, 0.2) is 0 Å². The number of piperazine rings is 1. The van der Waals surface area contributed by atoms with Gasteiger partial charge in [-0.1, -0.05) is 24.4 Å². The Hall–Kier alpha value is -2.85. The van der Waals surface area contributed by atoms with Gasteiger partial charge in [0.1, 0.15) is 5.60 Å². The minimum Gasteiger partial charge on any atom is -0.444 e. The average Bonchev–Trinajstić information content (AvgIpc) is 2.91. The Morgan fingerprint density at radius 1 is 0.975 bits per heavy atom. The number of hydrogen-bond acceptors (Lipinski definition) is 6. The lowest BCUT2D eigenvalue weighted by atomic mass is 9.91. The molecule has 0 spiro atoms. The summed E-state index contributed by atoms with van der Waals surface area (Å²) in [6, 6.07) is 4.46. The van der Waals surface area contributed by atoms with Gasteiger partial charge in [0.25, 0.3) is 5.91 Å². The number of hydrogen-bond donors (Lipinski definition) is 1. The maximum Gasteiger partial charge on any atom is 0.410 e. The molecule has 40 heavy (non-hydrogen) atoms. The van der Waals surface area contributed by atoms with Gasteiger partial charge in [0, 0.05) is 57.8 Å². The van der Waals surface area contributed by atoms with Crippen molar-refractivity contribution in [2.75, 3.05) is 57.3 Å². The van der Waals surface area contributed by atoms with E-state index in [1.807, 2.05) is 25.7 Å². The average molecular weight is 576 g/mol. The van der Waals surface area contributed by atoms with Crippen LogP contribution < -0.4 is 10.2 Å². The SMILES string of the molecule is CC(C)(C)OC(=O)N1CCN(CCCCC2CCN(C(=O)c3ccc(Cl)c(N4CCC(=O)NC4=O)c3)CC2)CC1. The Balaban J connectivity index is 1.16. The van der Waals surface area contributed by atoms with Crippen LogP contribution in [0.1, 0.15) is 69.7 Å². The molecule has 10 nitrogen and oxygen atoms in total. The van der Waals surface area contributed by atoms with Gasteiger partial charge in [-0.25, -0.2) is 9.59 Å². The number of unbranched alkanes of at least 4 members (excludes halogenated alkanes) is 1. The first-order valence-electron chi connectivity index (χ1n) is 14.4. The largest absolute Gasteiger partial charge is 0.444 e. The van der Waals surface area contributed by atoms with Crippen LogP contribution >= 0.6 is 11.6 Å². The molecule has 11 heteroatoms. The highest BCUT2D eigenvalue weighted by molar-refractivity contribution is 6.34. The second-order valence-electron chi connectivity index (χ2n) is 12.0. The molecule has 3 saturated heterocycles. The number of nitrogens with zero attached hydrogens (tertiary/aromatic N) is 4. The lowest BCUT2D eigenvalue weighted by molar-refractivity contribution is -0.120. The monoisotopic (exact) mass is 575 g/mol. The molecule has 1 aromatic carbocycles. The lowest BCUT2D eigenvalue weighted by Gasteiger charge is -2.35. The van der Waals surface area contributed by atoms with Crippen LogP contribution in [0.25, 0.3) is 0 Å². The van der Waals surface area contributed by atoms with E-state index < -0.39 is 11.6 Å². The molecule has 1 aromatic rings. The molecule has 3 heterocycles. The van der Waals surface area contributed by atoms with Crippen molar-refractivity contribution in [3.05, 3.63) is 28.8 Å². The number of amides is 5. The zero-order chi connectivity index (χ0) is 28.9. The molecular formula is C29H42ClN5O5. The quantitative estimate of drug-likeness (QED) is 0.485. The summed E-state index contributed by atoms with van der Waals surface area (Å²) in [6.45, 7) is 11.6. The van der Waals surface area contributed by atoms with E-state index in [9.17, 15) is 19.2 Å². The maximum absolute atomic E-state index is 13.2. The van der Waals surface area contributed by atoms with E-state index in [0.29, 0.717) is 48.4 Å². The molecule has 220 valence electrons. The van der Waals surface area contributed by atoms with E-state index in [2.05, 4.69) is 10.2 Å². The van der Waals surface area contributed by atoms with Crippen LogP contribution in [-0.4, -0.2) is 96.6 Å². The number of likely N-dealkylation sites (tertiary alicyclic amines) is 1. The van der Waals surface area contributed by atoms with E-state index in [-0.39, 0.29) is 30.9 Å². The molecule has 5 amide bonds. The minimum atomic E-state index is -0.522. The molecule has 0 aromatic heterocycles. The number of benzene rings is 1. The van der Waals surface area contributed by atoms with Crippen LogP contribution in [0.15, 0.2) is 18.2 Å². The highest BCUT2D eigenvalue weighted by Crippen LogP contribution is 2.30. The van der Waals surface area contributed by atoms with E-state index in [1.54, 1.807) is 23.1 Å². The zero-order valence-corrected chi connectivity index (χ0v) is 24.7. The molecule has 1 N–H and O–H groups in total. The Labute approximate surface area is 241 Å². The summed E-state index contributed by atoms with van der Waals surface area (Å²) in [4.78, 5) is 56.8. The number of anilines is 1. The molecule has 0 radical (unpaired) electrons. The van der Waals surface area contributed by atoms with E-state index >= 15 is 0 Å². The van der Waals surface area contributed by atoms with Gasteiger partial charge in [0.05, 0.1) is 10.7 Å². The van der Waals surface area contributed by atoms with Crippen molar-refractivity contribution >= 4 is 41.2 Å². The third kappa shape index (κ3) is 8.10. The molecule has 4 rings (SSSR count). The second kappa shape index (κ2) is 13.2. The van der Waals surface area contributed by atoms with E-state index in [1.165, 1.54) is 4.90 Å². The van der Waals surface area contributed by atoms with Crippen molar-refractivity contribution in [3.63, 3.8) is 0 Å². The summed E-state index contributed by atoms with van der Waals surface area (Å²) in [5.74, 6) is 0.240. The van der Waals surface area contributed by atoms with Gasteiger partial charge in [-0.05, 0) is 70.7 Å². The number of ether oxygens (including phenoxy) is 1. The fraction of sp³-hybridized carbons (Fsp3) is 0.655. The number of nitrogens with one attached hydrogen (secondary N) is 1. The number of halogens is 1. The predicted octanol–water partition coefficient (Wildman–Crippen LogP) is 4.36. The second-order valence-corrected chi connectivity index (χ2v) is 12.4. The summed E-state index contributed by atoms with van der Waals surface area (Å²) in [6.07, 6.45) is 5.39. The van der Waals surface area contributed by atoms with Crippen LogP contribution in [0, 0.1) is 5.92 Å². The first kappa shape index (κ1) is 30.1. The highest BCUT2D eigenvalue weighted by Gasteiger charge is 2.29. The summed E-state index contributed by atoms with van der Waals surface area (Å²) in [7, 11) is 0. The summed E-state index contributed by atoms with van der Waals surface area (Å²) < 4.78 is 5.48. The predicted molar refractivity (Wildman–Crippen MR) is 154 cm³/mol. The minimum absolute atomic E-state index is 0.0598. The van der Waals surface area contributed by atoms with Crippen LogP contribution in [0.4, 0.5) is 15.3 Å². The first-order valence-corrected chi connectivity index (χ1v) is 14.8. The Bertz CT molecular complexity index is 1090. The van der Waals surface area contributed by atoms with Crippen molar-refractivity contribution in [2.24, 2.45) is 5.92 Å². The lowest BCUT2D eigenvalue weighted by Crippen LogP contribution is -2.50. The zero-order valence-electron chi connectivity index (χ0n) is 23.9. The van der Waals surface area contributed by atoms with Gasteiger partial charge >= 0.3 is 12.1 Å². The summed E-state index contributed by atoms with van der Waals surface area (Å²) in [5, 5.41) is 2.66. The molecule has 0 bridgehead atoms.